The Balaban J connectivity index is 1.79. The van der Waals surface area contributed by atoms with Crippen molar-refractivity contribution < 1.29 is 4.39 Å². The molecule has 1 saturated carbocycles. The summed E-state index contributed by atoms with van der Waals surface area (Å²) in [5, 5.41) is 5.82. The molecule has 1 aromatic heterocycles. The van der Waals surface area contributed by atoms with Crippen molar-refractivity contribution in [1.82, 2.24) is 5.32 Å². The Morgan fingerprint density at radius 2 is 1.90 bits per heavy atom. The molecule has 1 aliphatic rings. The minimum Gasteiger partial charge on any atom is -0.302 e. The molecule has 0 radical (unpaired) electrons. The molecule has 1 fully saturated rings. The fourth-order valence-electron chi connectivity index (χ4n) is 3.39. The topological polar surface area (TPSA) is 12.0 Å². The first-order valence-corrected chi connectivity index (χ1v) is 8.67. The Bertz CT molecular complexity index is 560. The third kappa shape index (κ3) is 3.35. The predicted octanol–water partition coefficient (Wildman–Crippen LogP) is 5.47. The van der Waals surface area contributed by atoms with Crippen molar-refractivity contribution in [3.63, 3.8) is 0 Å². The van der Waals surface area contributed by atoms with E-state index >= 15 is 0 Å². The normalized spacial score (nSPS) is 18.8. The van der Waals surface area contributed by atoms with Crippen LogP contribution in [0.1, 0.15) is 55.1 Å². The molecule has 0 aliphatic heterocycles. The first kappa shape index (κ1) is 14.7. The number of nitrogens with one attached hydrogen (secondary N) is 1. The molecule has 2 atom stereocenters. The van der Waals surface area contributed by atoms with E-state index in [1.54, 1.807) is 23.5 Å². The highest BCUT2D eigenvalue weighted by atomic mass is 32.1. The van der Waals surface area contributed by atoms with Crippen LogP contribution in [-0.4, -0.2) is 0 Å². The van der Waals surface area contributed by atoms with Crippen molar-refractivity contribution in [2.75, 3.05) is 0 Å². The maximum atomic E-state index is 14.0. The van der Waals surface area contributed by atoms with Gasteiger partial charge in [-0.25, -0.2) is 4.39 Å². The zero-order valence-corrected chi connectivity index (χ0v) is 13.2. The molecule has 2 aromatic rings. The molecule has 112 valence electrons. The summed E-state index contributed by atoms with van der Waals surface area (Å²) < 4.78 is 14.0. The fraction of sp³-hybridized carbons (Fsp3) is 0.444. The van der Waals surface area contributed by atoms with E-state index in [1.165, 1.54) is 30.6 Å². The van der Waals surface area contributed by atoms with E-state index in [1.807, 2.05) is 12.1 Å². The van der Waals surface area contributed by atoms with E-state index < -0.39 is 0 Å². The van der Waals surface area contributed by atoms with Crippen molar-refractivity contribution in [3.8, 4) is 0 Å². The molecule has 0 saturated heterocycles. The van der Waals surface area contributed by atoms with E-state index in [4.69, 9.17) is 0 Å². The van der Waals surface area contributed by atoms with Crippen molar-refractivity contribution in [2.24, 2.45) is 5.92 Å². The van der Waals surface area contributed by atoms with Crippen LogP contribution in [0.3, 0.4) is 0 Å². The van der Waals surface area contributed by atoms with Crippen molar-refractivity contribution in [1.29, 1.82) is 0 Å². The van der Waals surface area contributed by atoms with Gasteiger partial charge in [0.15, 0.2) is 0 Å². The highest BCUT2D eigenvalue weighted by molar-refractivity contribution is 7.10. The summed E-state index contributed by atoms with van der Waals surface area (Å²) in [4.78, 5) is 1.38. The van der Waals surface area contributed by atoms with Gasteiger partial charge in [-0.05, 0) is 43.2 Å². The molecule has 1 aliphatic carbocycles. The molecular weight excluding hydrogens is 281 g/mol. The van der Waals surface area contributed by atoms with Crippen LogP contribution in [0.25, 0.3) is 0 Å². The molecule has 3 rings (SSSR count). The molecule has 1 heterocycles. The van der Waals surface area contributed by atoms with Crippen molar-refractivity contribution >= 4 is 11.3 Å². The van der Waals surface area contributed by atoms with Gasteiger partial charge in [-0.2, -0.15) is 0 Å². The van der Waals surface area contributed by atoms with E-state index in [0.29, 0.717) is 12.0 Å². The van der Waals surface area contributed by atoms with Crippen LogP contribution in [0.4, 0.5) is 4.39 Å². The lowest BCUT2D eigenvalue weighted by Crippen LogP contribution is -2.29. The largest absolute Gasteiger partial charge is 0.302 e. The van der Waals surface area contributed by atoms with Gasteiger partial charge < -0.3 is 5.32 Å². The Kier molecular flexibility index (Phi) is 4.71. The second-order valence-electron chi connectivity index (χ2n) is 5.95. The van der Waals surface area contributed by atoms with Crippen LogP contribution in [0.2, 0.25) is 0 Å². The Morgan fingerprint density at radius 3 is 2.57 bits per heavy atom. The predicted molar refractivity (Wildman–Crippen MR) is 87.0 cm³/mol. The molecule has 0 amide bonds. The number of benzene rings is 1. The second-order valence-corrected chi connectivity index (χ2v) is 6.93. The van der Waals surface area contributed by atoms with Crippen LogP contribution < -0.4 is 5.32 Å². The first-order chi connectivity index (χ1) is 10.3. The Hall–Kier alpha value is -1.19. The Labute approximate surface area is 130 Å². The summed E-state index contributed by atoms with van der Waals surface area (Å²) in [7, 11) is 0. The van der Waals surface area contributed by atoms with Gasteiger partial charge in [-0.3, -0.25) is 0 Å². The minimum atomic E-state index is -0.117. The number of hydrogen-bond donors (Lipinski definition) is 1. The maximum Gasteiger partial charge on any atom is 0.127 e. The monoisotopic (exact) mass is 303 g/mol. The van der Waals surface area contributed by atoms with Gasteiger partial charge in [-0.1, -0.05) is 37.1 Å². The number of thiophene rings is 1. The maximum absolute atomic E-state index is 14.0. The molecular formula is C18H22FNS. The molecule has 3 heteroatoms. The standard InChI is InChI=1S/C18H22FNS/c1-13(15-9-4-5-10-16(15)19)20-18(14-7-2-3-8-14)17-11-6-12-21-17/h4-6,9-14,18,20H,2-3,7-8H2,1H3/t13-,18?/m1/s1. The lowest BCUT2D eigenvalue weighted by atomic mass is 9.95. The van der Waals surface area contributed by atoms with E-state index in [-0.39, 0.29) is 11.9 Å². The summed E-state index contributed by atoms with van der Waals surface area (Å²) in [6, 6.07) is 11.8. The van der Waals surface area contributed by atoms with Gasteiger partial charge in [0, 0.05) is 22.5 Å². The lowest BCUT2D eigenvalue weighted by molar-refractivity contribution is 0.339. The third-order valence-corrected chi connectivity index (χ3v) is 5.48. The zero-order chi connectivity index (χ0) is 14.7. The highest BCUT2D eigenvalue weighted by Crippen LogP contribution is 2.38. The molecule has 0 spiro atoms. The fourth-order valence-corrected chi connectivity index (χ4v) is 4.27. The van der Waals surface area contributed by atoms with Crippen LogP contribution in [-0.2, 0) is 0 Å². The molecule has 1 unspecified atom stereocenters. The highest BCUT2D eigenvalue weighted by Gasteiger charge is 2.28. The molecule has 1 N–H and O–H groups in total. The summed E-state index contributed by atoms with van der Waals surface area (Å²) in [6.45, 7) is 2.06. The van der Waals surface area contributed by atoms with E-state index in [9.17, 15) is 4.39 Å². The smallest absolute Gasteiger partial charge is 0.127 e. The third-order valence-electron chi connectivity index (χ3n) is 4.52. The first-order valence-electron chi connectivity index (χ1n) is 7.79. The lowest BCUT2D eigenvalue weighted by Gasteiger charge is -2.28. The number of halogens is 1. The van der Waals surface area contributed by atoms with Crippen LogP contribution in [0.5, 0.6) is 0 Å². The summed E-state index contributed by atoms with van der Waals surface area (Å²) in [6.07, 6.45) is 5.20. The van der Waals surface area contributed by atoms with Crippen molar-refractivity contribution in [2.45, 2.75) is 44.7 Å². The molecule has 1 nitrogen and oxygen atoms in total. The minimum absolute atomic E-state index is 0.0268. The SMILES string of the molecule is C[C@@H](NC(c1cccs1)C1CCCC1)c1ccccc1F. The van der Waals surface area contributed by atoms with Crippen LogP contribution in [0, 0.1) is 11.7 Å². The van der Waals surface area contributed by atoms with Gasteiger partial charge in [0.1, 0.15) is 5.82 Å². The summed E-state index contributed by atoms with van der Waals surface area (Å²) >= 11 is 1.80. The number of rotatable bonds is 5. The summed E-state index contributed by atoms with van der Waals surface area (Å²) in [5.41, 5.74) is 0.761. The van der Waals surface area contributed by atoms with Crippen LogP contribution in [0.15, 0.2) is 41.8 Å². The second kappa shape index (κ2) is 6.71. The zero-order valence-electron chi connectivity index (χ0n) is 12.4. The van der Waals surface area contributed by atoms with Gasteiger partial charge >= 0.3 is 0 Å². The quantitative estimate of drug-likeness (QED) is 0.772. The van der Waals surface area contributed by atoms with Gasteiger partial charge in [0.2, 0.25) is 0 Å². The van der Waals surface area contributed by atoms with Gasteiger partial charge in [0.25, 0.3) is 0 Å². The number of hydrogen-bond acceptors (Lipinski definition) is 2. The van der Waals surface area contributed by atoms with Crippen molar-refractivity contribution in [3.05, 3.63) is 58.0 Å². The van der Waals surface area contributed by atoms with E-state index in [0.717, 1.165) is 5.56 Å². The van der Waals surface area contributed by atoms with Gasteiger partial charge in [0.05, 0.1) is 0 Å². The van der Waals surface area contributed by atoms with Crippen LogP contribution >= 0.6 is 11.3 Å². The van der Waals surface area contributed by atoms with Gasteiger partial charge in [-0.15, -0.1) is 11.3 Å². The molecule has 21 heavy (non-hydrogen) atoms. The molecule has 0 bridgehead atoms. The summed E-state index contributed by atoms with van der Waals surface area (Å²) in [5.74, 6) is 0.562. The molecule has 1 aromatic carbocycles. The average Bonchev–Trinajstić information content (AvgIpc) is 3.18. The van der Waals surface area contributed by atoms with E-state index in [2.05, 4.69) is 29.8 Å². The Morgan fingerprint density at radius 1 is 1.14 bits per heavy atom. The average molecular weight is 303 g/mol.